The lowest BCUT2D eigenvalue weighted by Gasteiger charge is -2.12. The van der Waals surface area contributed by atoms with Gasteiger partial charge in [-0.2, -0.15) is 0 Å². The smallest absolute Gasteiger partial charge is 0.0495 e. The second-order valence-electron chi connectivity index (χ2n) is 4.18. The molecule has 0 aromatic rings. The molecular weight excluding hydrogens is 160 g/mol. The maximum absolute atomic E-state index is 4.32. The Morgan fingerprint density at radius 3 is 2.54 bits per heavy atom. The van der Waals surface area contributed by atoms with E-state index in [1.807, 2.05) is 6.21 Å². The van der Waals surface area contributed by atoms with Gasteiger partial charge in [-0.05, 0) is 25.7 Å². The third-order valence-corrected chi connectivity index (χ3v) is 2.10. The van der Waals surface area contributed by atoms with Crippen molar-refractivity contribution in [3.63, 3.8) is 0 Å². The van der Waals surface area contributed by atoms with Crippen molar-refractivity contribution < 1.29 is 0 Å². The number of rotatable bonds is 5. The van der Waals surface area contributed by atoms with Gasteiger partial charge in [-0.15, -0.1) is 0 Å². The van der Waals surface area contributed by atoms with E-state index in [9.17, 15) is 0 Å². The van der Waals surface area contributed by atoms with Gasteiger partial charge in [-0.3, -0.25) is 4.99 Å². The fourth-order valence-electron chi connectivity index (χ4n) is 1.06. The quantitative estimate of drug-likeness (QED) is 0.645. The number of nitrogens with one attached hydrogen (secondary N) is 1. The standard InChI is InChI=1S/C11H20N2/c1-8(2)7-12-9(3)10(4)13-11-5-6-11/h7-8,10-11,13H,3,5-6H2,1-2,4H3. The minimum atomic E-state index is 0.322. The maximum Gasteiger partial charge on any atom is 0.0495 e. The van der Waals surface area contributed by atoms with Crippen molar-refractivity contribution in [2.75, 3.05) is 0 Å². The predicted molar refractivity (Wildman–Crippen MR) is 58.1 cm³/mol. The Morgan fingerprint density at radius 2 is 2.08 bits per heavy atom. The van der Waals surface area contributed by atoms with Crippen molar-refractivity contribution in [1.82, 2.24) is 5.32 Å². The molecule has 0 spiro atoms. The Kier molecular flexibility index (Phi) is 3.67. The van der Waals surface area contributed by atoms with Gasteiger partial charge in [0.15, 0.2) is 0 Å². The van der Waals surface area contributed by atoms with Crippen molar-refractivity contribution >= 4 is 6.21 Å². The monoisotopic (exact) mass is 180 g/mol. The largest absolute Gasteiger partial charge is 0.306 e. The van der Waals surface area contributed by atoms with Crippen molar-refractivity contribution in [1.29, 1.82) is 0 Å². The molecule has 0 bridgehead atoms. The number of hydrogen-bond acceptors (Lipinski definition) is 2. The highest BCUT2D eigenvalue weighted by atomic mass is 15.0. The normalized spacial score (nSPS) is 19.7. The van der Waals surface area contributed by atoms with Crippen LogP contribution in [-0.4, -0.2) is 18.3 Å². The van der Waals surface area contributed by atoms with Gasteiger partial charge in [0.05, 0.1) is 0 Å². The summed E-state index contributed by atoms with van der Waals surface area (Å²) in [6.45, 7) is 10.3. The lowest BCUT2D eigenvalue weighted by Crippen LogP contribution is -2.28. The fourth-order valence-corrected chi connectivity index (χ4v) is 1.06. The molecule has 0 aromatic heterocycles. The van der Waals surface area contributed by atoms with Gasteiger partial charge in [-0.1, -0.05) is 20.4 Å². The minimum Gasteiger partial charge on any atom is -0.306 e. The van der Waals surface area contributed by atoms with E-state index < -0.39 is 0 Å². The first-order chi connectivity index (χ1) is 6.09. The van der Waals surface area contributed by atoms with Crippen molar-refractivity contribution in [2.24, 2.45) is 10.9 Å². The zero-order chi connectivity index (χ0) is 9.84. The molecular formula is C11H20N2. The number of aliphatic imine (C=N–C) groups is 1. The molecule has 1 unspecified atom stereocenters. The zero-order valence-corrected chi connectivity index (χ0v) is 8.88. The van der Waals surface area contributed by atoms with Crippen LogP contribution in [0.25, 0.3) is 0 Å². The van der Waals surface area contributed by atoms with E-state index in [2.05, 4.69) is 37.7 Å². The van der Waals surface area contributed by atoms with Crippen LogP contribution in [0, 0.1) is 5.92 Å². The van der Waals surface area contributed by atoms with Crippen LogP contribution in [0.1, 0.15) is 33.6 Å². The summed E-state index contributed by atoms with van der Waals surface area (Å²) in [6, 6.07) is 1.04. The zero-order valence-electron chi connectivity index (χ0n) is 8.88. The molecule has 1 aliphatic rings. The molecule has 2 heteroatoms. The van der Waals surface area contributed by atoms with E-state index in [0.29, 0.717) is 12.0 Å². The maximum atomic E-state index is 4.32. The van der Waals surface area contributed by atoms with Crippen LogP contribution in [-0.2, 0) is 0 Å². The second-order valence-corrected chi connectivity index (χ2v) is 4.18. The van der Waals surface area contributed by atoms with Crippen LogP contribution in [0.2, 0.25) is 0 Å². The summed E-state index contributed by atoms with van der Waals surface area (Å²) in [4.78, 5) is 4.32. The summed E-state index contributed by atoms with van der Waals surface area (Å²) in [7, 11) is 0. The topological polar surface area (TPSA) is 24.4 Å². The van der Waals surface area contributed by atoms with Crippen LogP contribution < -0.4 is 5.32 Å². The van der Waals surface area contributed by atoms with Gasteiger partial charge in [0.2, 0.25) is 0 Å². The third kappa shape index (κ3) is 4.23. The molecule has 13 heavy (non-hydrogen) atoms. The molecule has 74 valence electrons. The second kappa shape index (κ2) is 4.56. The highest BCUT2D eigenvalue weighted by molar-refractivity contribution is 5.61. The Bertz CT molecular complexity index is 202. The molecule has 1 aliphatic carbocycles. The van der Waals surface area contributed by atoms with Crippen LogP contribution >= 0.6 is 0 Å². The van der Waals surface area contributed by atoms with Gasteiger partial charge in [0.25, 0.3) is 0 Å². The van der Waals surface area contributed by atoms with Crippen molar-refractivity contribution in [3.8, 4) is 0 Å². The third-order valence-electron chi connectivity index (χ3n) is 2.10. The van der Waals surface area contributed by atoms with Crippen LogP contribution in [0.4, 0.5) is 0 Å². The molecule has 0 heterocycles. The highest BCUT2D eigenvalue weighted by Crippen LogP contribution is 2.20. The highest BCUT2D eigenvalue weighted by Gasteiger charge is 2.23. The minimum absolute atomic E-state index is 0.322. The summed E-state index contributed by atoms with van der Waals surface area (Å²) >= 11 is 0. The lowest BCUT2D eigenvalue weighted by atomic mass is 10.2. The lowest BCUT2D eigenvalue weighted by molar-refractivity contribution is 0.602. The van der Waals surface area contributed by atoms with E-state index in [0.717, 1.165) is 11.7 Å². The molecule has 1 rings (SSSR count). The summed E-state index contributed by atoms with van der Waals surface area (Å²) < 4.78 is 0. The Hall–Kier alpha value is -0.630. The van der Waals surface area contributed by atoms with Gasteiger partial charge < -0.3 is 5.32 Å². The summed E-state index contributed by atoms with van der Waals surface area (Å²) in [6.07, 6.45) is 4.57. The Balaban J connectivity index is 2.28. The van der Waals surface area contributed by atoms with Gasteiger partial charge in [0.1, 0.15) is 0 Å². The molecule has 1 saturated carbocycles. The molecule has 0 aliphatic heterocycles. The van der Waals surface area contributed by atoms with Crippen LogP contribution in [0.3, 0.4) is 0 Å². The summed E-state index contributed by atoms with van der Waals surface area (Å²) in [5, 5.41) is 3.46. The van der Waals surface area contributed by atoms with E-state index in [4.69, 9.17) is 0 Å². The fraction of sp³-hybridized carbons (Fsp3) is 0.727. The molecule has 0 amide bonds. The molecule has 1 fully saturated rings. The first-order valence-electron chi connectivity index (χ1n) is 5.08. The van der Waals surface area contributed by atoms with Crippen LogP contribution in [0.5, 0.6) is 0 Å². The average Bonchev–Trinajstić information content (AvgIpc) is 2.83. The average molecular weight is 180 g/mol. The Morgan fingerprint density at radius 1 is 1.46 bits per heavy atom. The summed E-state index contributed by atoms with van der Waals surface area (Å²) in [5.74, 6) is 0.505. The first kappa shape index (κ1) is 10.5. The molecule has 0 radical (unpaired) electrons. The van der Waals surface area contributed by atoms with E-state index >= 15 is 0 Å². The van der Waals surface area contributed by atoms with Crippen molar-refractivity contribution in [2.45, 2.75) is 45.7 Å². The molecule has 1 N–H and O–H groups in total. The molecule has 1 atom stereocenters. The van der Waals surface area contributed by atoms with Gasteiger partial charge in [-0.25, -0.2) is 0 Å². The predicted octanol–water partition coefficient (Wildman–Crippen LogP) is 2.37. The van der Waals surface area contributed by atoms with E-state index in [1.165, 1.54) is 12.8 Å². The summed E-state index contributed by atoms with van der Waals surface area (Å²) in [5.41, 5.74) is 0.945. The van der Waals surface area contributed by atoms with Gasteiger partial charge >= 0.3 is 0 Å². The number of hydrogen-bond donors (Lipinski definition) is 1. The molecule has 2 nitrogen and oxygen atoms in total. The van der Waals surface area contributed by atoms with E-state index in [1.54, 1.807) is 0 Å². The Labute approximate surface area is 81.1 Å². The van der Waals surface area contributed by atoms with Gasteiger partial charge in [0, 0.05) is 24.0 Å². The SMILES string of the molecule is C=C(N=CC(C)C)C(C)NC1CC1. The molecule has 0 aromatic carbocycles. The molecule has 0 saturated heterocycles. The first-order valence-corrected chi connectivity index (χ1v) is 5.08. The van der Waals surface area contributed by atoms with Crippen LogP contribution in [0.15, 0.2) is 17.3 Å². The van der Waals surface area contributed by atoms with E-state index in [-0.39, 0.29) is 0 Å². The van der Waals surface area contributed by atoms with Crippen molar-refractivity contribution in [3.05, 3.63) is 12.3 Å². The number of nitrogens with zero attached hydrogens (tertiary/aromatic N) is 1.